The van der Waals surface area contributed by atoms with Crippen LogP contribution in [-0.2, 0) is 0 Å². The van der Waals surface area contributed by atoms with Crippen LogP contribution >= 0.6 is 0 Å². The van der Waals surface area contributed by atoms with E-state index in [0.29, 0.717) is 0 Å². The summed E-state index contributed by atoms with van der Waals surface area (Å²) in [6, 6.07) is 8.51. The van der Waals surface area contributed by atoms with E-state index in [0.717, 1.165) is 63.7 Å². The summed E-state index contributed by atoms with van der Waals surface area (Å²) < 4.78 is 0. The Hall–Kier alpha value is -2.18. The fraction of sp³-hybridized carbons (Fsp3) is 0.444. The van der Waals surface area contributed by atoms with Crippen LogP contribution in [0.2, 0.25) is 0 Å². The molecule has 0 bridgehead atoms. The van der Waals surface area contributed by atoms with Gasteiger partial charge in [0.2, 0.25) is 0 Å². The molecule has 2 aliphatic rings. The van der Waals surface area contributed by atoms with Crippen LogP contribution in [0.25, 0.3) is 11.4 Å². The number of piperazine rings is 2. The molecule has 2 aromatic heterocycles. The number of pyridine rings is 2. The van der Waals surface area contributed by atoms with E-state index in [-0.39, 0.29) is 0 Å². The monoisotopic (exact) mass is 324 g/mol. The Morgan fingerprint density at radius 1 is 0.667 bits per heavy atom. The van der Waals surface area contributed by atoms with E-state index in [2.05, 4.69) is 54.7 Å². The summed E-state index contributed by atoms with van der Waals surface area (Å²) >= 11 is 0. The number of anilines is 2. The van der Waals surface area contributed by atoms with Crippen molar-refractivity contribution in [1.82, 2.24) is 20.6 Å². The van der Waals surface area contributed by atoms with Crippen LogP contribution in [0.3, 0.4) is 0 Å². The molecule has 2 fully saturated rings. The molecule has 0 aliphatic carbocycles. The lowest BCUT2D eigenvalue weighted by molar-refractivity contribution is 0.589. The zero-order chi connectivity index (χ0) is 16.2. The van der Waals surface area contributed by atoms with Crippen molar-refractivity contribution in [2.24, 2.45) is 0 Å². The first-order chi connectivity index (χ1) is 11.9. The second-order valence-electron chi connectivity index (χ2n) is 6.27. The molecule has 0 saturated carbocycles. The number of hydrogen-bond donors (Lipinski definition) is 2. The molecule has 0 amide bonds. The Kier molecular flexibility index (Phi) is 4.57. The molecule has 6 heteroatoms. The summed E-state index contributed by atoms with van der Waals surface area (Å²) in [6.07, 6.45) is 3.79. The van der Waals surface area contributed by atoms with Gasteiger partial charge < -0.3 is 20.4 Å². The highest BCUT2D eigenvalue weighted by atomic mass is 15.2. The lowest BCUT2D eigenvalue weighted by Gasteiger charge is -2.30. The average Bonchev–Trinajstić information content (AvgIpc) is 2.70. The molecule has 2 N–H and O–H groups in total. The molecule has 2 aromatic rings. The summed E-state index contributed by atoms with van der Waals surface area (Å²) in [7, 11) is 0. The predicted molar refractivity (Wildman–Crippen MR) is 97.6 cm³/mol. The first-order valence-corrected chi connectivity index (χ1v) is 8.74. The lowest BCUT2D eigenvalue weighted by Crippen LogP contribution is -2.43. The molecular formula is C18H24N6. The summed E-state index contributed by atoms with van der Waals surface area (Å²) in [6.45, 7) is 8.30. The van der Waals surface area contributed by atoms with Crippen molar-refractivity contribution in [3.8, 4) is 11.4 Å². The van der Waals surface area contributed by atoms with Gasteiger partial charge in [-0.25, -0.2) is 0 Å². The Morgan fingerprint density at radius 3 is 1.50 bits per heavy atom. The number of nitrogens with zero attached hydrogens (tertiary/aromatic N) is 4. The smallest absolute Gasteiger partial charge is 0.0907 e. The average molecular weight is 324 g/mol. The van der Waals surface area contributed by atoms with E-state index >= 15 is 0 Å². The highest BCUT2D eigenvalue weighted by molar-refractivity contribution is 5.65. The second kappa shape index (κ2) is 7.15. The maximum atomic E-state index is 4.56. The molecule has 2 saturated heterocycles. The highest BCUT2D eigenvalue weighted by Crippen LogP contribution is 2.24. The third kappa shape index (κ3) is 3.34. The molecule has 126 valence electrons. The maximum Gasteiger partial charge on any atom is 0.0907 e. The molecule has 24 heavy (non-hydrogen) atoms. The Balaban J connectivity index is 1.59. The van der Waals surface area contributed by atoms with Crippen molar-refractivity contribution >= 4 is 11.4 Å². The summed E-state index contributed by atoms with van der Waals surface area (Å²) in [4.78, 5) is 13.9. The van der Waals surface area contributed by atoms with Gasteiger partial charge in [-0.05, 0) is 24.3 Å². The fourth-order valence-electron chi connectivity index (χ4n) is 3.36. The highest BCUT2D eigenvalue weighted by Gasteiger charge is 2.14. The molecule has 0 aromatic carbocycles. The fourth-order valence-corrected chi connectivity index (χ4v) is 3.36. The predicted octanol–water partition coefficient (Wildman–Crippen LogP) is 0.963. The SMILES string of the molecule is c1cc(N2CCNCC2)cc(-c2cc(N3CCNCC3)ccn2)n1. The maximum absolute atomic E-state index is 4.56. The molecule has 4 heterocycles. The second-order valence-corrected chi connectivity index (χ2v) is 6.27. The molecule has 0 unspecified atom stereocenters. The molecule has 2 aliphatic heterocycles. The standard InChI is InChI=1S/C18H24N6/c1-3-21-17(13-15(1)23-9-5-19-6-10-23)18-14-16(2-4-22-18)24-11-7-20-8-12-24/h1-4,13-14,19-20H,5-12H2. The van der Waals surface area contributed by atoms with Gasteiger partial charge in [0.25, 0.3) is 0 Å². The van der Waals surface area contributed by atoms with E-state index in [4.69, 9.17) is 0 Å². The Morgan fingerprint density at radius 2 is 1.08 bits per heavy atom. The minimum absolute atomic E-state index is 0.947. The van der Waals surface area contributed by atoms with Crippen LogP contribution in [0.4, 0.5) is 11.4 Å². The molecule has 6 nitrogen and oxygen atoms in total. The van der Waals surface area contributed by atoms with Gasteiger partial charge in [-0.15, -0.1) is 0 Å². The van der Waals surface area contributed by atoms with E-state index in [1.807, 2.05) is 12.4 Å². The summed E-state index contributed by atoms with van der Waals surface area (Å²) in [5.41, 5.74) is 4.36. The number of nitrogens with one attached hydrogen (secondary N) is 2. The Bertz CT molecular complexity index is 617. The zero-order valence-electron chi connectivity index (χ0n) is 13.9. The first-order valence-electron chi connectivity index (χ1n) is 8.74. The molecule has 4 rings (SSSR count). The molecule has 0 atom stereocenters. The third-order valence-electron chi connectivity index (χ3n) is 4.71. The quantitative estimate of drug-likeness (QED) is 0.877. The summed E-state index contributed by atoms with van der Waals surface area (Å²) in [5.74, 6) is 0. The van der Waals surface area contributed by atoms with Gasteiger partial charge >= 0.3 is 0 Å². The van der Waals surface area contributed by atoms with Crippen LogP contribution in [0.1, 0.15) is 0 Å². The lowest BCUT2D eigenvalue weighted by atomic mass is 10.2. The minimum Gasteiger partial charge on any atom is -0.369 e. The zero-order valence-corrected chi connectivity index (χ0v) is 13.9. The molecule has 0 spiro atoms. The van der Waals surface area contributed by atoms with Crippen LogP contribution in [-0.4, -0.2) is 62.3 Å². The number of aromatic nitrogens is 2. The van der Waals surface area contributed by atoms with E-state index in [1.165, 1.54) is 11.4 Å². The normalized spacial score (nSPS) is 18.7. The van der Waals surface area contributed by atoms with Crippen molar-refractivity contribution in [3.63, 3.8) is 0 Å². The van der Waals surface area contributed by atoms with Gasteiger partial charge in [-0.2, -0.15) is 0 Å². The van der Waals surface area contributed by atoms with Crippen molar-refractivity contribution in [1.29, 1.82) is 0 Å². The van der Waals surface area contributed by atoms with Crippen LogP contribution in [0.5, 0.6) is 0 Å². The third-order valence-corrected chi connectivity index (χ3v) is 4.71. The van der Waals surface area contributed by atoms with Crippen LogP contribution in [0.15, 0.2) is 36.7 Å². The first kappa shape index (κ1) is 15.4. The van der Waals surface area contributed by atoms with Gasteiger partial charge in [0.15, 0.2) is 0 Å². The van der Waals surface area contributed by atoms with Crippen LogP contribution in [0, 0.1) is 0 Å². The van der Waals surface area contributed by atoms with Crippen molar-refractivity contribution in [2.45, 2.75) is 0 Å². The van der Waals surface area contributed by atoms with Crippen molar-refractivity contribution in [2.75, 3.05) is 62.2 Å². The number of rotatable bonds is 3. The molecule has 0 radical (unpaired) electrons. The van der Waals surface area contributed by atoms with Gasteiger partial charge in [0.1, 0.15) is 0 Å². The van der Waals surface area contributed by atoms with Gasteiger partial charge in [0.05, 0.1) is 11.4 Å². The van der Waals surface area contributed by atoms with Gasteiger partial charge in [-0.3, -0.25) is 9.97 Å². The molecular weight excluding hydrogens is 300 g/mol. The minimum atomic E-state index is 0.947. The van der Waals surface area contributed by atoms with E-state index < -0.39 is 0 Å². The van der Waals surface area contributed by atoms with Crippen molar-refractivity contribution < 1.29 is 0 Å². The topological polar surface area (TPSA) is 56.3 Å². The van der Waals surface area contributed by atoms with E-state index in [1.54, 1.807) is 0 Å². The van der Waals surface area contributed by atoms with Crippen LogP contribution < -0.4 is 20.4 Å². The van der Waals surface area contributed by atoms with Gasteiger partial charge in [0, 0.05) is 76.1 Å². The van der Waals surface area contributed by atoms with Crippen molar-refractivity contribution in [3.05, 3.63) is 36.7 Å². The Labute approximate surface area is 142 Å². The summed E-state index contributed by atoms with van der Waals surface area (Å²) in [5, 5.41) is 6.79. The van der Waals surface area contributed by atoms with Gasteiger partial charge in [-0.1, -0.05) is 0 Å². The van der Waals surface area contributed by atoms with E-state index in [9.17, 15) is 0 Å². The largest absolute Gasteiger partial charge is 0.369 e. The number of hydrogen-bond acceptors (Lipinski definition) is 6.